The molecule has 0 aromatic heterocycles. The molecule has 3 amide bonds. The molecule has 0 bridgehead atoms. The molecule has 3 aromatic carbocycles. The van der Waals surface area contributed by atoms with E-state index in [9.17, 15) is 19.2 Å². The summed E-state index contributed by atoms with van der Waals surface area (Å²) in [5.41, 5.74) is 3.52. The van der Waals surface area contributed by atoms with Gasteiger partial charge in [-0.3, -0.25) is 15.0 Å². The second-order valence-corrected chi connectivity index (χ2v) is 9.71. The minimum Gasteiger partial charge on any atom is -0.459 e. The molecule has 0 saturated carbocycles. The van der Waals surface area contributed by atoms with E-state index in [0.717, 1.165) is 16.7 Å². The van der Waals surface area contributed by atoms with Gasteiger partial charge >= 0.3 is 18.0 Å². The molecule has 2 aliphatic heterocycles. The van der Waals surface area contributed by atoms with E-state index >= 15 is 0 Å². The van der Waals surface area contributed by atoms with E-state index in [0.29, 0.717) is 11.1 Å². The van der Waals surface area contributed by atoms with Gasteiger partial charge in [0.05, 0.1) is 11.1 Å². The standard InChI is InChI=1S/C31H28N2O7/c1-19-8-12-22(13-9-19)29(35)38-18-26-25(40-30(36)23-14-10-20(2)11-15-23)17-27(39-26)33-24(28(34)32-31(33)37)16-21-6-4-3-5-7-21/h3-16,25-27H,17-18H2,1-2H3,(H,32,34,37)/b24-16-/t25-,26+,27?/m0/s1. The van der Waals surface area contributed by atoms with Gasteiger partial charge in [0, 0.05) is 6.42 Å². The van der Waals surface area contributed by atoms with Crippen molar-refractivity contribution in [1.29, 1.82) is 0 Å². The molecule has 3 aromatic rings. The highest BCUT2D eigenvalue weighted by atomic mass is 16.6. The van der Waals surface area contributed by atoms with Gasteiger partial charge in [0.15, 0.2) is 0 Å². The molecule has 9 heteroatoms. The number of benzene rings is 3. The molecule has 3 atom stereocenters. The normalized spacial score (nSPS) is 21.4. The molecule has 0 aliphatic carbocycles. The highest BCUT2D eigenvalue weighted by molar-refractivity contribution is 6.14. The number of hydrogen-bond donors (Lipinski definition) is 1. The largest absolute Gasteiger partial charge is 0.459 e. The molecule has 9 nitrogen and oxygen atoms in total. The molecule has 1 N–H and O–H groups in total. The third-order valence-corrected chi connectivity index (χ3v) is 6.71. The Hall–Kier alpha value is -4.76. The quantitative estimate of drug-likeness (QED) is 0.269. The maximum Gasteiger partial charge on any atom is 0.338 e. The van der Waals surface area contributed by atoms with Crippen molar-refractivity contribution in [3.05, 3.63) is 112 Å². The number of carbonyl (C=O) groups is 4. The lowest BCUT2D eigenvalue weighted by atomic mass is 10.1. The minimum atomic E-state index is -0.944. The predicted octanol–water partition coefficient (Wildman–Crippen LogP) is 4.39. The summed E-state index contributed by atoms with van der Waals surface area (Å²) in [6.07, 6.45) is -1.03. The number of carbonyl (C=O) groups excluding carboxylic acids is 4. The van der Waals surface area contributed by atoms with Gasteiger partial charge in [0.25, 0.3) is 5.91 Å². The summed E-state index contributed by atoms with van der Waals surface area (Å²) in [4.78, 5) is 52.3. The molecule has 2 saturated heterocycles. The van der Waals surface area contributed by atoms with E-state index in [1.54, 1.807) is 66.7 Å². The Morgan fingerprint density at radius 2 is 1.50 bits per heavy atom. The topological polar surface area (TPSA) is 111 Å². The van der Waals surface area contributed by atoms with E-state index in [1.165, 1.54) is 4.90 Å². The molecule has 0 radical (unpaired) electrons. The summed E-state index contributed by atoms with van der Waals surface area (Å²) in [6.45, 7) is 3.59. The van der Waals surface area contributed by atoms with Crippen molar-refractivity contribution < 1.29 is 33.4 Å². The Balaban J connectivity index is 1.37. The van der Waals surface area contributed by atoms with Crippen LogP contribution in [-0.2, 0) is 19.0 Å². The van der Waals surface area contributed by atoms with Crippen LogP contribution in [-0.4, -0.2) is 53.8 Å². The fourth-order valence-corrected chi connectivity index (χ4v) is 4.53. The van der Waals surface area contributed by atoms with Crippen molar-refractivity contribution in [1.82, 2.24) is 10.2 Å². The molecular weight excluding hydrogens is 512 g/mol. The van der Waals surface area contributed by atoms with Crippen LogP contribution in [0.25, 0.3) is 6.08 Å². The number of nitrogens with one attached hydrogen (secondary N) is 1. The van der Waals surface area contributed by atoms with Gasteiger partial charge < -0.3 is 14.2 Å². The molecule has 2 heterocycles. The van der Waals surface area contributed by atoms with Crippen LogP contribution in [0, 0.1) is 13.8 Å². The summed E-state index contributed by atoms with van der Waals surface area (Å²) < 4.78 is 17.4. The first-order valence-electron chi connectivity index (χ1n) is 12.9. The summed E-state index contributed by atoms with van der Waals surface area (Å²) in [5.74, 6) is -1.71. The van der Waals surface area contributed by atoms with Crippen LogP contribution < -0.4 is 5.32 Å². The maximum absolute atomic E-state index is 13.0. The smallest absolute Gasteiger partial charge is 0.338 e. The molecule has 2 fully saturated rings. The van der Waals surface area contributed by atoms with Gasteiger partial charge in [-0.1, -0.05) is 65.7 Å². The summed E-state index contributed by atoms with van der Waals surface area (Å²) in [7, 11) is 0. The molecule has 5 rings (SSSR count). The second kappa shape index (κ2) is 11.5. The van der Waals surface area contributed by atoms with Crippen molar-refractivity contribution in [2.24, 2.45) is 0 Å². The number of ether oxygens (including phenoxy) is 3. The summed E-state index contributed by atoms with van der Waals surface area (Å²) in [5, 5.41) is 2.30. The number of nitrogens with zero attached hydrogens (tertiary/aromatic N) is 1. The molecule has 0 spiro atoms. The van der Waals surface area contributed by atoms with Crippen molar-refractivity contribution in [2.75, 3.05) is 6.61 Å². The van der Waals surface area contributed by atoms with Crippen molar-refractivity contribution in [3.63, 3.8) is 0 Å². The number of rotatable bonds is 7. The van der Waals surface area contributed by atoms with Gasteiger partial charge in [-0.2, -0.15) is 0 Å². The summed E-state index contributed by atoms with van der Waals surface area (Å²) in [6, 6.07) is 22.3. The maximum atomic E-state index is 13.0. The first-order valence-corrected chi connectivity index (χ1v) is 12.9. The number of esters is 2. The average molecular weight is 541 g/mol. The van der Waals surface area contributed by atoms with Crippen molar-refractivity contribution in [2.45, 2.75) is 38.7 Å². The Kier molecular flexibility index (Phi) is 7.75. The van der Waals surface area contributed by atoms with E-state index in [2.05, 4.69) is 5.32 Å². The van der Waals surface area contributed by atoms with Crippen LogP contribution in [0.2, 0.25) is 0 Å². The lowest BCUT2D eigenvalue weighted by Crippen LogP contribution is -2.37. The number of imide groups is 1. The Morgan fingerprint density at radius 3 is 2.12 bits per heavy atom. The van der Waals surface area contributed by atoms with Crippen LogP contribution in [0.5, 0.6) is 0 Å². The first kappa shape index (κ1) is 26.8. The second-order valence-electron chi connectivity index (χ2n) is 9.71. The van der Waals surface area contributed by atoms with Crippen molar-refractivity contribution in [3.8, 4) is 0 Å². The SMILES string of the molecule is Cc1ccc(C(=O)OC[C@H]2OC(N3C(=O)NC(=O)/C3=C/c3ccccc3)C[C@@H]2OC(=O)c2ccc(C)cc2)cc1. The number of hydrogen-bond acceptors (Lipinski definition) is 7. The molecule has 204 valence electrons. The number of urea groups is 1. The van der Waals surface area contributed by atoms with Crippen LogP contribution in [0.4, 0.5) is 4.79 Å². The monoisotopic (exact) mass is 540 g/mol. The molecule has 2 aliphatic rings. The van der Waals surface area contributed by atoms with E-state index in [1.807, 2.05) is 32.0 Å². The van der Waals surface area contributed by atoms with Crippen LogP contribution in [0.3, 0.4) is 0 Å². The third kappa shape index (κ3) is 5.94. The molecule has 1 unspecified atom stereocenters. The average Bonchev–Trinajstić information content (AvgIpc) is 3.46. The Bertz CT molecular complexity index is 1450. The third-order valence-electron chi connectivity index (χ3n) is 6.71. The van der Waals surface area contributed by atoms with Crippen LogP contribution in [0.15, 0.2) is 84.6 Å². The Morgan fingerprint density at radius 1 is 0.900 bits per heavy atom. The highest BCUT2D eigenvalue weighted by Gasteiger charge is 2.47. The number of aryl methyl sites for hydroxylation is 2. The first-order chi connectivity index (χ1) is 19.3. The van der Waals surface area contributed by atoms with Gasteiger partial charge in [-0.05, 0) is 49.8 Å². The highest BCUT2D eigenvalue weighted by Crippen LogP contribution is 2.32. The molecular formula is C31H28N2O7. The van der Waals surface area contributed by atoms with Gasteiger partial charge in [-0.25, -0.2) is 14.4 Å². The Labute approximate surface area is 231 Å². The lowest BCUT2D eigenvalue weighted by molar-refractivity contribution is -0.116. The van der Waals surface area contributed by atoms with Crippen LogP contribution in [0.1, 0.15) is 43.8 Å². The van der Waals surface area contributed by atoms with Crippen molar-refractivity contribution >= 4 is 30.0 Å². The fraction of sp³-hybridized carbons (Fsp3) is 0.226. The number of amides is 3. The van der Waals surface area contributed by atoms with Gasteiger partial charge in [0.2, 0.25) is 0 Å². The zero-order valence-electron chi connectivity index (χ0n) is 22.0. The zero-order valence-corrected chi connectivity index (χ0v) is 22.0. The predicted molar refractivity (Wildman–Crippen MR) is 145 cm³/mol. The molecule has 40 heavy (non-hydrogen) atoms. The fourth-order valence-electron chi connectivity index (χ4n) is 4.53. The van der Waals surface area contributed by atoms with E-state index < -0.39 is 42.3 Å². The van der Waals surface area contributed by atoms with E-state index in [4.69, 9.17) is 14.2 Å². The van der Waals surface area contributed by atoms with E-state index in [-0.39, 0.29) is 18.7 Å². The summed E-state index contributed by atoms with van der Waals surface area (Å²) >= 11 is 0. The zero-order chi connectivity index (χ0) is 28.2. The van der Waals surface area contributed by atoms with Gasteiger partial charge in [0.1, 0.15) is 30.7 Å². The van der Waals surface area contributed by atoms with Crippen LogP contribution >= 0.6 is 0 Å². The minimum absolute atomic E-state index is 0.0666. The lowest BCUT2D eigenvalue weighted by Gasteiger charge is -2.23. The van der Waals surface area contributed by atoms with Gasteiger partial charge in [-0.15, -0.1) is 0 Å².